The lowest BCUT2D eigenvalue weighted by Crippen LogP contribution is -2.42. The maximum Gasteiger partial charge on any atom is 0.124 e. The van der Waals surface area contributed by atoms with Gasteiger partial charge in [0.15, 0.2) is 0 Å². The highest BCUT2D eigenvalue weighted by molar-refractivity contribution is 5.87. The van der Waals surface area contributed by atoms with Gasteiger partial charge in [-0.2, -0.15) is 0 Å². The highest BCUT2D eigenvalue weighted by Gasteiger charge is 2.17. The average molecular weight is 273 g/mol. The van der Waals surface area contributed by atoms with Crippen LogP contribution in [-0.2, 0) is 6.54 Å². The molecule has 108 valence electrons. The van der Waals surface area contributed by atoms with Crippen LogP contribution in [-0.4, -0.2) is 23.9 Å². The van der Waals surface area contributed by atoms with E-state index in [1.807, 2.05) is 39.0 Å². The Hall–Kier alpha value is -1.58. The number of aliphatic hydroxyl groups is 1. The second-order valence-electron chi connectivity index (χ2n) is 5.59. The van der Waals surface area contributed by atoms with Gasteiger partial charge in [-0.15, -0.1) is 0 Å². The van der Waals surface area contributed by atoms with Crippen molar-refractivity contribution in [2.24, 2.45) is 0 Å². The molecule has 0 heterocycles. The minimum absolute atomic E-state index is 0.0989. The first kappa shape index (κ1) is 14.8. The molecule has 0 radical (unpaired) electrons. The first-order valence-electron chi connectivity index (χ1n) is 7.06. The van der Waals surface area contributed by atoms with Gasteiger partial charge in [-0.1, -0.05) is 30.3 Å². The van der Waals surface area contributed by atoms with Crippen LogP contribution in [0.2, 0.25) is 0 Å². The molecule has 0 atom stereocenters. The third-order valence-corrected chi connectivity index (χ3v) is 3.44. The molecule has 0 aliphatic rings. The summed E-state index contributed by atoms with van der Waals surface area (Å²) in [7, 11) is 0. The predicted octanol–water partition coefficient (Wildman–Crippen LogP) is 3.10. The molecule has 3 nitrogen and oxygen atoms in total. The Bertz CT molecular complexity index is 578. The van der Waals surface area contributed by atoms with Gasteiger partial charge < -0.3 is 15.2 Å². The summed E-state index contributed by atoms with van der Waals surface area (Å²) in [5.74, 6) is 0.910. The number of fused-ring (bicyclic) bond motifs is 1. The van der Waals surface area contributed by atoms with E-state index in [9.17, 15) is 5.11 Å². The molecule has 2 aromatic rings. The van der Waals surface area contributed by atoms with E-state index in [0.29, 0.717) is 13.2 Å². The predicted molar refractivity (Wildman–Crippen MR) is 83.1 cm³/mol. The summed E-state index contributed by atoms with van der Waals surface area (Å²) in [6.45, 7) is 7.38. The minimum Gasteiger partial charge on any atom is -0.494 e. The molecule has 0 aliphatic carbocycles. The van der Waals surface area contributed by atoms with E-state index in [0.717, 1.165) is 11.3 Å². The second-order valence-corrected chi connectivity index (χ2v) is 5.59. The molecule has 0 unspecified atom stereocenters. The number of benzene rings is 2. The van der Waals surface area contributed by atoms with E-state index < -0.39 is 0 Å². The van der Waals surface area contributed by atoms with Crippen LogP contribution in [0.1, 0.15) is 26.3 Å². The fourth-order valence-electron chi connectivity index (χ4n) is 2.17. The zero-order valence-electron chi connectivity index (χ0n) is 12.4. The van der Waals surface area contributed by atoms with E-state index in [4.69, 9.17) is 4.74 Å². The summed E-state index contributed by atoms with van der Waals surface area (Å²) in [6, 6.07) is 12.4. The lowest BCUT2D eigenvalue weighted by atomic mass is 10.0. The molecule has 20 heavy (non-hydrogen) atoms. The smallest absolute Gasteiger partial charge is 0.124 e. The molecule has 2 N–H and O–H groups in total. The molecule has 0 aliphatic heterocycles. The van der Waals surface area contributed by atoms with Crippen LogP contribution in [0.5, 0.6) is 5.75 Å². The molecule has 0 fully saturated rings. The molecule has 3 heteroatoms. The number of aliphatic hydroxyl groups excluding tert-OH is 1. The van der Waals surface area contributed by atoms with Crippen molar-refractivity contribution >= 4 is 10.8 Å². The van der Waals surface area contributed by atoms with Gasteiger partial charge in [0, 0.05) is 17.6 Å². The van der Waals surface area contributed by atoms with E-state index in [2.05, 4.69) is 23.5 Å². The Balaban J connectivity index is 2.39. The zero-order chi connectivity index (χ0) is 14.6. The van der Waals surface area contributed by atoms with Gasteiger partial charge in [0.2, 0.25) is 0 Å². The van der Waals surface area contributed by atoms with Gasteiger partial charge in [-0.05, 0) is 37.6 Å². The van der Waals surface area contributed by atoms with Crippen molar-refractivity contribution in [2.75, 3.05) is 13.2 Å². The van der Waals surface area contributed by atoms with E-state index in [-0.39, 0.29) is 12.1 Å². The van der Waals surface area contributed by atoms with Crippen LogP contribution < -0.4 is 10.1 Å². The van der Waals surface area contributed by atoms with Crippen LogP contribution in [0.25, 0.3) is 10.8 Å². The van der Waals surface area contributed by atoms with Gasteiger partial charge in [0.05, 0.1) is 13.2 Å². The molecular weight excluding hydrogens is 250 g/mol. The molecule has 0 amide bonds. The Kier molecular flexibility index (Phi) is 4.63. The summed E-state index contributed by atoms with van der Waals surface area (Å²) in [5.41, 5.74) is 0.840. The first-order chi connectivity index (χ1) is 9.57. The Morgan fingerprint density at radius 2 is 1.90 bits per heavy atom. The highest BCUT2D eigenvalue weighted by Crippen LogP contribution is 2.28. The highest BCUT2D eigenvalue weighted by atomic mass is 16.5. The lowest BCUT2D eigenvalue weighted by molar-refractivity contribution is 0.187. The number of rotatable bonds is 6. The van der Waals surface area contributed by atoms with Crippen LogP contribution in [0, 0.1) is 0 Å². The third kappa shape index (κ3) is 3.30. The normalized spacial score (nSPS) is 11.8. The Labute approximate surface area is 120 Å². The molecule has 0 spiro atoms. The quantitative estimate of drug-likeness (QED) is 0.850. The summed E-state index contributed by atoms with van der Waals surface area (Å²) in [4.78, 5) is 0. The van der Waals surface area contributed by atoms with Crippen molar-refractivity contribution in [3.05, 3.63) is 42.0 Å². The second kappa shape index (κ2) is 6.25. The average Bonchev–Trinajstić information content (AvgIpc) is 2.46. The lowest BCUT2D eigenvalue weighted by Gasteiger charge is -2.25. The van der Waals surface area contributed by atoms with E-state index in [1.54, 1.807) is 0 Å². The van der Waals surface area contributed by atoms with E-state index in [1.165, 1.54) is 10.8 Å². The fraction of sp³-hybridized carbons (Fsp3) is 0.412. The molecule has 0 bridgehead atoms. The molecular formula is C17H23NO2. The minimum atomic E-state index is -0.305. The molecule has 0 aromatic heterocycles. The summed E-state index contributed by atoms with van der Waals surface area (Å²) >= 11 is 0. The van der Waals surface area contributed by atoms with Crippen molar-refractivity contribution in [1.82, 2.24) is 5.32 Å². The van der Waals surface area contributed by atoms with Crippen molar-refractivity contribution < 1.29 is 9.84 Å². The van der Waals surface area contributed by atoms with Crippen molar-refractivity contribution in [3.63, 3.8) is 0 Å². The van der Waals surface area contributed by atoms with Gasteiger partial charge in [-0.3, -0.25) is 0 Å². The van der Waals surface area contributed by atoms with Gasteiger partial charge in [0.1, 0.15) is 5.75 Å². The first-order valence-corrected chi connectivity index (χ1v) is 7.06. The van der Waals surface area contributed by atoms with Crippen LogP contribution in [0.3, 0.4) is 0 Å². The number of nitrogens with one attached hydrogen (secondary N) is 1. The summed E-state index contributed by atoms with van der Waals surface area (Å²) in [6.07, 6.45) is 0. The maximum atomic E-state index is 9.36. The van der Waals surface area contributed by atoms with Gasteiger partial charge in [0.25, 0.3) is 0 Å². The monoisotopic (exact) mass is 273 g/mol. The number of hydrogen-bond donors (Lipinski definition) is 2. The number of ether oxygens (including phenoxy) is 1. The SMILES string of the molecule is CCOc1ccc2ccccc2c1CNC(C)(C)CO. The largest absolute Gasteiger partial charge is 0.494 e. The van der Waals surface area contributed by atoms with Gasteiger partial charge in [-0.25, -0.2) is 0 Å². The summed E-state index contributed by atoms with van der Waals surface area (Å²) in [5, 5.41) is 15.1. The molecule has 2 aromatic carbocycles. The fourth-order valence-corrected chi connectivity index (χ4v) is 2.17. The van der Waals surface area contributed by atoms with Crippen molar-refractivity contribution in [2.45, 2.75) is 32.9 Å². The summed E-state index contributed by atoms with van der Waals surface area (Å²) < 4.78 is 5.74. The molecule has 0 saturated carbocycles. The van der Waals surface area contributed by atoms with Crippen molar-refractivity contribution in [1.29, 1.82) is 0 Å². The van der Waals surface area contributed by atoms with Gasteiger partial charge >= 0.3 is 0 Å². The Morgan fingerprint density at radius 3 is 2.60 bits per heavy atom. The van der Waals surface area contributed by atoms with Crippen LogP contribution >= 0.6 is 0 Å². The topological polar surface area (TPSA) is 41.5 Å². The zero-order valence-corrected chi connectivity index (χ0v) is 12.4. The van der Waals surface area contributed by atoms with Crippen LogP contribution in [0.4, 0.5) is 0 Å². The maximum absolute atomic E-state index is 9.36. The standard InChI is InChI=1S/C17H23NO2/c1-4-20-16-10-9-13-7-5-6-8-14(13)15(16)11-18-17(2,3)12-19/h5-10,18-19H,4,11-12H2,1-3H3. The third-order valence-electron chi connectivity index (χ3n) is 3.44. The molecule has 2 rings (SSSR count). The Morgan fingerprint density at radius 1 is 1.15 bits per heavy atom. The molecule has 0 saturated heterocycles. The van der Waals surface area contributed by atoms with Crippen molar-refractivity contribution in [3.8, 4) is 5.75 Å². The van der Waals surface area contributed by atoms with E-state index >= 15 is 0 Å². The van der Waals surface area contributed by atoms with Crippen LogP contribution in [0.15, 0.2) is 36.4 Å². The number of hydrogen-bond acceptors (Lipinski definition) is 3.